The first-order valence-corrected chi connectivity index (χ1v) is 8.60. The zero-order valence-electron chi connectivity index (χ0n) is 14.7. The van der Waals surface area contributed by atoms with Crippen LogP contribution in [0, 0.1) is 6.92 Å². The number of ether oxygens (including phenoxy) is 1. The Hall–Kier alpha value is -2.63. The van der Waals surface area contributed by atoms with Gasteiger partial charge in [0.25, 0.3) is 0 Å². The molecule has 3 rings (SSSR count). The van der Waals surface area contributed by atoms with Crippen molar-refractivity contribution < 1.29 is 9.53 Å². The summed E-state index contributed by atoms with van der Waals surface area (Å²) in [5.41, 5.74) is 2.27. The van der Waals surface area contributed by atoms with Gasteiger partial charge in [-0.1, -0.05) is 29.8 Å². The molecule has 0 atom stereocenters. The van der Waals surface area contributed by atoms with E-state index < -0.39 is 0 Å². The normalized spacial score (nSPS) is 15.0. The van der Waals surface area contributed by atoms with Gasteiger partial charge in [0.05, 0.1) is 13.5 Å². The number of amides is 1. The fourth-order valence-corrected chi connectivity index (χ4v) is 3.12. The molecule has 6 heteroatoms. The number of nitrogens with one attached hydrogen (secondary N) is 1. The maximum atomic E-state index is 12.5. The Labute approximate surface area is 148 Å². The van der Waals surface area contributed by atoms with E-state index >= 15 is 0 Å². The molecule has 1 aromatic carbocycles. The van der Waals surface area contributed by atoms with E-state index in [1.807, 2.05) is 30.0 Å². The summed E-state index contributed by atoms with van der Waals surface area (Å²) in [6, 6.07) is 10.2. The third-order valence-corrected chi connectivity index (χ3v) is 4.49. The Kier molecular flexibility index (Phi) is 5.48. The summed E-state index contributed by atoms with van der Waals surface area (Å²) in [6.45, 7) is 3.59. The van der Waals surface area contributed by atoms with Crippen molar-refractivity contribution >= 4 is 11.7 Å². The molecule has 1 aliphatic heterocycles. The van der Waals surface area contributed by atoms with Crippen LogP contribution in [-0.2, 0) is 11.2 Å². The van der Waals surface area contributed by atoms with Crippen molar-refractivity contribution in [1.29, 1.82) is 0 Å². The summed E-state index contributed by atoms with van der Waals surface area (Å²) >= 11 is 0. The molecule has 0 radical (unpaired) electrons. The van der Waals surface area contributed by atoms with E-state index in [9.17, 15) is 4.79 Å². The van der Waals surface area contributed by atoms with Gasteiger partial charge < -0.3 is 15.0 Å². The molecular weight excluding hydrogens is 316 g/mol. The maximum Gasteiger partial charge on any atom is 0.226 e. The van der Waals surface area contributed by atoms with Gasteiger partial charge in [-0.3, -0.25) is 4.79 Å². The highest BCUT2D eigenvalue weighted by atomic mass is 16.5. The lowest BCUT2D eigenvalue weighted by molar-refractivity contribution is -0.131. The number of rotatable bonds is 5. The maximum absolute atomic E-state index is 12.5. The van der Waals surface area contributed by atoms with Crippen LogP contribution in [0.3, 0.4) is 0 Å². The minimum absolute atomic E-state index is 0.202. The summed E-state index contributed by atoms with van der Waals surface area (Å²) in [5, 5.41) is 3.40. The molecule has 0 saturated carbocycles. The quantitative estimate of drug-likeness (QED) is 0.905. The van der Waals surface area contributed by atoms with E-state index in [1.54, 1.807) is 13.2 Å². The molecule has 2 aromatic rings. The van der Waals surface area contributed by atoms with Crippen molar-refractivity contribution in [1.82, 2.24) is 14.9 Å². The first kappa shape index (κ1) is 17.2. The van der Waals surface area contributed by atoms with Crippen LogP contribution < -0.4 is 10.1 Å². The summed E-state index contributed by atoms with van der Waals surface area (Å²) < 4.78 is 5.11. The fraction of sp³-hybridized carbons (Fsp3) is 0.421. The molecule has 0 bridgehead atoms. The number of nitrogens with zero attached hydrogens (tertiary/aromatic N) is 3. The number of likely N-dealkylation sites (tertiary alicyclic amines) is 1. The summed E-state index contributed by atoms with van der Waals surface area (Å²) in [6.07, 6.45) is 3.78. The number of methoxy groups -OCH3 is 1. The lowest BCUT2D eigenvalue weighted by atomic mass is 10.0. The van der Waals surface area contributed by atoms with Gasteiger partial charge in [0.15, 0.2) is 0 Å². The highest BCUT2D eigenvalue weighted by Gasteiger charge is 2.23. The highest BCUT2D eigenvalue weighted by Crippen LogP contribution is 2.18. The van der Waals surface area contributed by atoms with Gasteiger partial charge in [-0.05, 0) is 25.3 Å². The van der Waals surface area contributed by atoms with Crippen molar-refractivity contribution in [2.75, 3.05) is 25.5 Å². The zero-order valence-corrected chi connectivity index (χ0v) is 14.7. The van der Waals surface area contributed by atoms with Gasteiger partial charge in [0.2, 0.25) is 11.8 Å². The number of piperidine rings is 1. The first-order chi connectivity index (χ1) is 12.1. The van der Waals surface area contributed by atoms with Crippen LogP contribution in [0.25, 0.3) is 0 Å². The Morgan fingerprint density at radius 1 is 1.28 bits per heavy atom. The summed E-state index contributed by atoms with van der Waals surface area (Å²) in [4.78, 5) is 22.7. The second kappa shape index (κ2) is 7.96. The van der Waals surface area contributed by atoms with Crippen molar-refractivity contribution in [2.45, 2.75) is 32.2 Å². The van der Waals surface area contributed by atoms with Crippen LogP contribution in [0.1, 0.15) is 24.0 Å². The minimum atomic E-state index is 0.202. The molecule has 132 valence electrons. The molecule has 25 heavy (non-hydrogen) atoms. The molecule has 2 heterocycles. The van der Waals surface area contributed by atoms with E-state index in [4.69, 9.17) is 4.74 Å². The van der Waals surface area contributed by atoms with Crippen LogP contribution in [-0.4, -0.2) is 47.0 Å². The predicted molar refractivity (Wildman–Crippen MR) is 96.7 cm³/mol. The first-order valence-electron chi connectivity index (χ1n) is 8.60. The number of benzene rings is 1. The van der Waals surface area contributed by atoms with Gasteiger partial charge >= 0.3 is 0 Å². The summed E-state index contributed by atoms with van der Waals surface area (Å²) in [7, 11) is 1.59. The van der Waals surface area contributed by atoms with Crippen molar-refractivity contribution in [3.8, 4) is 5.88 Å². The monoisotopic (exact) mass is 340 g/mol. The number of hydrogen-bond donors (Lipinski definition) is 1. The number of carbonyl (C=O) groups excluding carboxylic acids is 1. The van der Waals surface area contributed by atoms with E-state index in [0.717, 1.165) is 37.3 Å². The molecular formula is C19H24N4O2. The molecule has 0 aliphatic carbocycles. The Morgan fingerprint density at radius 2 is 2.08 bits per heavy atom. The lowest BCUT2D eigenvalue weighted by Crippen LogP contribution is -2.43. The molecule has 1 saturated heterocycles. The average molecular weight is 340 g/mol. The van der Waals surface area contributed by atoms with E-state index in [-0.39, 0.29) is 5.91 Å². The average Bonchev–Trinajstić information content (AvgIpc) is 2.62. The third-order valence-electron chi connectivity index (χ3n) is 4.49. The SMILES string of the molecule is COc1cc(NC2CCN(C(=O)Cc3cccc(C)c3)CC2)ncn1. The van der Waals surface area contributed by atoms with Gasteiger partial charge in [-0.2, -0.15) is 0 Å². The standard InChI is InChI=1S/C19H24N4O2/c1-14-4-3-5-15(10-14)11-19(24)23-8-6-16(7-9-23)22-17-12-18(25-2)21-13-20-17/h3-5,10,12-13,16H,6-9,11H2,1-2H3,(H,20,21,22). The molecule has 1 aliphatic rings. The van der Waals surface area contributed by atoms with Crippen LogP contribution in [0.2, 0.25) is 0 Å². The van der Waals surface area contributed by atoms with Gasteiger partial charge in [-0.25, -0.2) is 9.97 Å². The smallest absolute Gasteiger partial charge is 0.226 e. The van der Waals surface area contributed by atoms with E-state index in [2.05, 4.69) is 21.4 Å². The summed E-state index contributed by atoms with van der Waals surface area (Å²) in [5.74, 6) is 1.51. The Balaban J connectivity index is 1.50. The lowest BCUT2D eigenvalue weighted by Gasteiger charge is -2.32. The molecule has 1 fully saturated rings. The highest BCUT2D eigenvalue weighted by molar-refractivity contribution is 5.79. The minimum Gasteiger partial charge on any atom is -0.481 e. The molecule has 0 spiro atoms. The Bertz CT molecular complexity index is 727. The number of aromatic nitrogens is 2. The van der Waals surface area contributed by atoms with Gasteiger partial charge in [-0.15, -0.1) is 0 Å². The van der Waals surface area contributed by atoms with Crippen molar-refractivity contribution in [2.24, 2.45) is 0 Å². The molecule has 6 nitrogen and oxygen atoms in total. The van der Waals surface area contributed by atoms with Crippen molar-refractivity contribution in [3.05, 3.63) is 47.8 Å². The molecule has 1 aromatic heterocycles. The Morgan fingerprint density at radius 3 is 2.80 bits per heavy atom. The number of anilines is 1. The molecule has 0 unspecified atom stereocenters. The topological polar surface area (TPSA) is 67.3 Å². The largest absolute Gasteiger partial charge is 0.481 e. The second-order valence-electron chi connectivity index (χ2n) is 6.41. The van der Waals surface area contributed by atoms with Crippen LogP contribution in [0.15, 0.2) is 36.7 Å². The zero-order chi connectivity index (χ0) is 17.6. The number of hydrogen-bond acceptors (Lipinski definition) is 5. The second-order valence-corrected chi connectivity index (χ2v) is 6.41. The number of carbonyl (C=O) groups is 1. The van der Waals surface area contributed by atoms with Crippen LogP contribution in [0.4, 0.5) is 5.82 Å². The van der Waals surface area contributed by atoms with E-state index in [0.29, 0.717) is 18.3 Å². The van der Waals surface area contributed by atoms with E-state index in [1.165, 1.54) is 11.9 Å². The molecule has 1 amide bonds. The fourth-order valence-electron chi connectivity index (χ4n) is 3.12. The van der Waals surface area contributed by atoms with Gasteiger partial charge in [0, 0.05) is 25.2 Å². The van der Waals surface area contributed by atoms with Crippen LogP contribution in [0.5, 0.6) is 5.88 Å². The number of aryl methyl sites for hydroxylation is 1. The molecule has 1 N–H and O–H groups in total. The van der Waals surface area contributed by atoms with Gasteiger partial charge in [0.1, 0.15) is 12.1 Å². The third kappa shape index (κ3) is 4.68. The van der Waals surface area contributed by atoms with Crippen molar-refractivity contribution in [3.63, 3.8) is 0 Å². The predicted octanol–water partition coefficient (Wildman–Crippen LogP) is 2.44. The van der Waals surface area contributed by atoms with Crippen LogP contribution >= 0.6 is 0 Å².